The summed E-state index contributed by atoms with van der Waals surface area (Å²) in [5.41, 5.74) is 7.29. The molecule has 0 amide bonds. The molecule has 2 atom stereocenters. The van der Waals surface area contributed by atoms with Gasteiger partial charge in [-0.3, -0.25) is 9.36 Å². The van der Waals surface area contributed by atoms with E-state index in [0.717, 1.165) is 5.41 Å². The van der Waals surface area contributed by atoms with E-state index in [9.17, 15) is 18.0 Å². The molecule has 3 aromatic rings. The van der Waals surface area contributed by atoms with Gasteiger partial charge in [0.1, 0.15) is 18.1 Å². The molecule has 3 N–H and O–H groups in total. The van der Waals surface area contributed by atoms with E-state index < -0.39 is 16.0 Å². The molecule has 1 aromatic carbocycles. The molecule has 2 aromatic heterocycles. The summed E-state index contributed by atoms with van der Waals surface area (Å²) >= 11 is 0. The fourth-order valence-electron chi connectivity index (χ4n) is 3.94. The van der Waals surface area contributed by atoms with Crippen LogP contribution in [0.1, 0.15) is 52.6 Å². The number of aromatic nitrogens is 4. The van der Waals surface area contributed by atoms with Gasteiger partial charge in [0.2, 0.25) is 10.0 Å². The highest BCUT2D eigenvalue weighted by molar-refractivity contribution is 7.92. The number of imidazole rings is 1. The van der Waals surface area contributed by atoms with Crippen LogP contribution in [0.2, 0.25) is 0 Å². The van der Waals surface area contributed by atoms with Crippen LogP contribution in [0.15, 0.2) is 48.4 Å². The number of hydrogen-bond acceptors (Lipinski definition) is 10. The number of anilines is 1. The third-order valence-corrected chi connectivity index (χ3v) is 6.86. The van der Waals surface area contributed by atoms with Gasteiger partial charge in [0, 0.05) is 23.9 Å². The maximum absolute atomic E-state index is 12.5. The van der Waals surface area contributed by atoms with Crippen molar-refractivity contribution in [1.82, 2.24) is 24.2 Å². The maximum Gasteiger partial charge on any atom is 0.338 e. The number of sulfonamides is 1. The standard InChI is InChI=1S/C23H26N6O6S/c1-34-23(31)17-7-3-2-6-16(17)18(30)8-4-5-11-36(32,33)28-12-15-9-10-19(35-15)29-14-27-20-21(24)25-13-26-22(20)29/h2-3,5-7,11,13-15,19,28H,4,8-10,12H2,1H3,(H2,24,25,26)/b11-5+. The number of nitrogens with two attached hydrogens (primary N) is 1. The van der Waals surface area contributed by atoms with Crippen molar-refractivity contribution >= 4 is 38.8 Å². The van der Waals surface area contributed by atoms with Crippen LogP contribution in [0.3, 0.4) is 0 Å². The Morgan fingerprint density at radius 1 is 1.22 bits per heavy atom. The number of benzene rings is 1. The number of allylic oxidation sites excluding steroid dienone is 1. The average molecular weight is 515 g/mol. The molecule has 0 radical (unpaired) electrons. The Balaban J connectivity index is 1.26. The molecular weight excluding hydrogens is 488 g/mol. The van der Waals surface area contributed by atoms with Crippen molar-refractivity contribution in [1.29, 1.82) is 0 Å². The van der Waals surface area contributed by atoms with Crippen LogP contribution >= 0.6 is 0 Å². The number of methoxy groups -OCH3 is 1. The van der Waals surface area contributed by atoms with Crippen molar-refractivity contribution < 1.29 is 27.5 Å². The van der Waals surface area contributed by atoms with Gasteiger partial charge in [-0.15, -0.1) is 0 Å². The van der Waals surface area contributed by atoms with Crippen molar-refractivity contribution in [2.45, 2.75) is 38.0 Å². The van der Waals surface area contributed by atoms with Gasteiger partial charge < -0.3 is 15.2 Å². The Morgan fingerprint density at radius 2 is 2.00 bits per heavy atom. The Hall–Kier alpha value is -3.68. The zero-order chi connectivity index (χ0) is 25.7. The minimum atomic E-state index is -3.72. The van der Waals surface area contributed by atoms with E-state index in [1.54, 1.807) is 29.1 Å². The van der Waals surface area contributed by atoms with Gasteiger partial charge in [0.05, 0.1) is 25.1 Å². The number of nitrogens with one attached hydrogen (secondary N) is 1. The normalized spacial score (nSPS) is 18.1. The van der Waals surface area contributed by atoms with E-state index >= 15 is 0 Å². The van der Waals surface area contributed by atoms with Gasteiger partial charge >= 0.3 is 5.97 Å². The molecule has 13 heteroatoms. The van der Waals surface area contributed by atoms with Gasteiger partial charge in [0.25, 0.3) is 0 Å². The summed E-state index contributed by atoms with van der Waals surface area (Å²) in [7, 11) is -2.48. The minimum absolute atomic E-state index is 0.0420. The number of esters is 1. The van der Waals surface area contributed by atoms with Crippen molar-refractivity contribution in [3.05, 3.63) is 59.5 Å². The summed E-state index contributed by atoms with van der Waals surface area (Å²) < 4.78 is 39.7. The lowest BCUT2D eigenvalue weighted by Crippen LogP contribution is -2.30. The van der Waals surface area contributed by atoms with E-state index in [4.69, 9.17) is 15.2 Å². The second-order valence-electron chi connectivity index (χ2n) is 8.14. The van der Waals surface area contributed by atoms with Gasteiger partial charge in [-0.1, -0.05) is 24.3 Å². The van der Waals surface area contributed by atoms with Crippen LogP contribution in [-0.2, 0) is 19.5 Å². The minimum Gasteiger partial charge on any atom is -0.465 e. The fourth-order valence-corrected chi connectivity index (χ4v) is 4.84. The van der Waals surface area contributed by atoms with Crippen LogP contribution in [0, 0.1) is 0 Å². The quantitative estimate of drug-likeness (QED) is 0.301. The predicted octanol–water partition coefficient (Wildman–Crippen LogP) is 1.97. The van der Waals surface area contributed by atoms with E-state index in [2.05, 4.69) is 19.7 Å². The third kappa shape index (κ3) is 5.75. The molecule has 1 fully saturated rings. The number of ether oxygens (including phenoxy) is 2. The molecule has 0 bridgehead atoms. The Labute approximate surface area is 207 Å². The first kappa shape index (κ1) is 25.4. The van der Waals surface area contributed by atoms with Crippen molar-refractivity contribution in [3.8, 4) is 0 Å². The average Bonchev–Trinajstić information content (AvgIpc) is 3.52. The lowest BCUT2D eigenvalue weighted by atomic mass is 10.0. The van der Waals surface area contributed by atoms with Crippen LogP contribution < -0.4 is 10.5 Å². The van der Waals surface area contributed by atoms with E-state index in [1.807, 2.05) is 0 Å². The lowest BCUT2D eigenvalue weighted by Gasteiger charge is -2.15. The fraction of sp³-hybridized carbons (Fsp3) is 0.348. The van der Waals surface area contributed by atoms with Crippen molar-refractivity contribution in [2.24, 2.45) is 0 Å². The molecule has 0 spiro atoms. The zero-order valence-corrected chi connectivity index (χ0v) is 20.3. The first-order valence-corrected chi connectivity index (χ1v) is 12.8. The molecule has 190 valence electrons. The molecule has 3 heterocycles. The summed E-state index contributed by atoms with van der Waals surface area (Å²) in [6.07, 6.45) is 5.21. The summed E-state index contributed by atoms with van der Waals surface area (Å²) in [4.78, 5) is 36.7. The molecule has 0 aliphatic carbocycles. The number of ketones is 1. The lowest BCUT2D eigenvalue weighted by molar-refractivity contribution is 0.00714. The Kier molecular flexibility index (Phi) is 7.72. The largest absolute Gasteiger partial charge is 0.465 e. The highest BCUT2D eigenvalue weighted by atomic mass is 32.2. The Morgan fingerprint density at radius 3 is 2.78 bits per heavy atom. The molecule has 4 rings (SSSR count). The van der Waals surface area contributed by atoms with E-state index in [-0.39, 0.29) is 54.4 Å². The monoisotopic (exact) mass is 514 g/mol. The van der Waals surface area contributed by atoms with Crippen LogP contribution in [0.25, 0.3) is 11.2 Å². The smallest absolute Gasteiger partial charge is 0.338 e. The van der Waals surface area contributed by atoms with Crippen LogP contribution in [-0.4, -0.2) is 59.4 Å². The number of carbonyl (C=O) groups excluding carboxylic acids is 2. The number of nitrogen functional groups attached to an aromatic ring is 1. The second-order valence-corrected chi connectivity index (χ2v) is 9.79. The first-order valence-electron chi connectivity index (χ1n) is 11.2. The molecular formula is C23H26N6O6S. The Bertz CT molecular complexity index is 1400. The summed E-state index contributed by atoms with van der Waals surface area (Å²) in [5.74, 6) is -0.603. The topological polar surface area (TPSA) is 168 Å². The molecule has 2 unspecified atom stereocenters. The maximum atomic E-state index is 12.5. The highest BCUT2D eigenvalue weighted by Gasteiger charge is 2.29. The molecule has 1 aliphatic heterocycles. The van der Waals surface area contributed by atoms with Gasteiger partial charge in [0.15, 0.2) is 17.2 Å². The zero-order valence-electron chi connectivity index (χ0n) is 19.5. The van der Waals surface area contributed by atoms with Crippen molar-refractivity contribution in [3.63, 3.8) is 0 Å². The number of hydrogen-bond donors (Lipinski definition) is 2. The third-order valence-electron chi connectivity index (χ3n) is 5.74. The molecule has 0 saturated carbocycles. The number of rotatable bonds is 10. The first-order chi connectivity index (χ1) is 17.3. The molecule has 36 heavy (non-hydrogen) atoms. The van der Waals surface area contributed by atoms with Crippen LogP contribution in [0.5, 0.6) is 0 Å². The van der Waals surface area contributed by atoms with E-state index in [0.29, 0.717) is 24.0 Å². The van der Waals surface area contributed by atoms with Gasteiger partial charge in [-0.05, 0) is 25.3 Å². The summed E-state index contributed by atoms with van der Waals surface area (Å²) in [6, 6.07) is 6.34. The van der Waals surface area contributed by atoms with E-state index in [1.165, 1.54) is 25.6 Å². The summed E-state index contributed by atoms with van der Waals surface area (Å²) in [6.45, 7) is 0.0956. The number of fused-ring (bicyclic) bond motifs is 1. The molecule has 1 saturated heterocycles. The van der Waals surface area contributed by atoms with Gasteiger partial charge in [-0.25, -0.2) is 32.9 Å². The summed E-state index contributed by atoms with van der Waals surface area (Å²) in [5, 5.41) is 1.03. The molecule has 1 aliphatic rings. The van der Waals surface area contributed by atoms with Gasteiger partial charge in [-0.2, -0.15) is 0 Å². The highest BCUT2D eigenvalue weighted by Crippen LogP contribution is 2.30. The van der Waals surface area contributed by atoms with Crippen molar-refractivity contribution in [2.75, 3.05) is 19.4 Å². The number of Topliss-reactive ketones (excluding diaryl/α,β-unsaturated/α-hetero) is 1. The number of carbonyl (C=O) groups is 2. The molecule has 12 nitrogen and oxygen atoms in total. The second kappa shape index (κ2) is 10.9. The SMILES string of the molecule is COC(=O)c1ccccc1C(=O)CC/C=C/S(=O)(=O)NCC1CCC(n2cnc3c(N)ncnc32)O1. The number of nitrogens with zero attached hydrogens (tertiary/aromatic N) is 4. The predicted molar refractivity (Wildman–Crippen MR) is 130 cm³/mol. The van der Waals surface area contributed by atoms with Crippen LogP contribution in [0.4, 0.5) is 5.82 Å².